The van der Waals surface area contributed by atoms with Gasteiger partial charge >= 0.3 is 5.97 Å². The molecule has 0 bridgehead atoms. The Balaban J connectivity index is 2.26. The van der Waals surface area contributed by atoms with Crippen molar-refractivity contribution >= 4 is 33.7 Å². The van der Waals surface area contributed by atoms with Gasteiger partial charge in [-0.2, -0.15) is 0 Å². The second kappa shape index (κ2) is 6.21. The third-order valence-electron chi connectivity index (χ3n) is 3.24. The molecule has 0 radical (unpaired) electrons. The number of carboxylic acids is 1. The number of hydrogen-bond acceptors (Lipinski definition) is 3. The highest BCUT2D eigenvalue weighted by atomic mass is 79.9. The zero-order chi connectivity index (χ0) is 13.8. The molecule has 0 atom stereocenters. The fraction of sp³-hybridized carbons (Fsp3) is 0.357. The molecular formula is C14H17BrN2O2. The first kappa shape index (κ1) is 14.1. The van der Waals surface area contributed by atoms with Gasteiger partial charge in [0, 0.05) is 42.4 Å². The van der Waals surface area contributed by atoms with Crippen LogP contribution in [0.2, 0.25) is 0 Å². The molecule has 1 saturated heterocycles. The number of rotatable bonds is 3. The highest BCUT2D eigenvalue weighted by Gasteiger charge is 2.16. The van der Waals surface area contributed by atoms with Crippen LogP contribution in [0.5, 0.6) is 0 Å². The number of likely N-dealkylation sites (N-methyl/N-ethyl adjacent to an activating group) is 1. The summed E-state index contributed by atoms with van der Waals surface area (Å²) in [4.78, 5) is 15.3. The number of anilines is 1. The summed E-state index contributed by atoms with van der Waals surface area (Å²) in [5.74, 6) is -0.927. The number of benzene rings is 1. The van der Waals surface area contributed by atoms with Crippen LogP contribution in [-0.2, 0) is 4.79 Å². The van der Waals surface area contributed by atoms with Crippen molar-refractivity contribution in [1.82, 2.24) is 4.90 Å². The summed E-state index contributed by atoms with van der Waals surface area (Å²) in [5, 5.41) is 8.76. The molecule has 1 aromatic rings. The molecule has 1 aromatic carbocycles. The van der Waals surface area contributed by atoms with Crippen molar-refractivity contribution in [3.8, 4) is 0 Å². The maximum Gasteiger partial charge on any atom is 0.328 e. The van der Waals surface area contributed by atoms with Crippen LogP contribution in [-0.4, -0.2) is 49.2 Å². The maximum absolute atomic E-state index is 10.7. The Morgan fingerprint density at radius 2 is 2.00 bits per heavy atom. The van der Waals surface area contributed by atoms with E-state index in [1.165, 1.54) is 6.08 Å². The molecule has 0 aromatic heterocycles. The molecule has 0 spiro atoms. The van der Waals surface area contributed by atoms with Crippen LogP contribution in [0.1, 0.15) is 5.56 Å². The second-order valence-corrected chi connectivity index (χ2v) is 5.58. The van der Waals surface area contributed by atoms with Gasteiger partial charge in [-0.1, -0.05) is 15.9 Å². The number of carboxylic acid groups (broad SMARTS) is 1. The van der Waals surface area contributed by atoms with E-state index in [0.29, 0.717) is 0 Å². The van der Waals surface area contributed by atoms with Crippen LogP contribution in [0.4, 0.5) is 5.69 Å². The van der Waals surface area contributed by atoms with E-state index < -0.39 is 5.97 Å². The largest absolute Gasteiger partial charge is 0.478 e. The van der Waals surface area contributed by atoms with Crippen LogP contribution in [0.15, 0.2) is 28.7 Å². The van der Waals surface area contributed by atoms with E-state index in [4.69, 9.17) is 5.11 Å². The molecule has 102 valence electrons. The molecule has 1 N–H and O–H groups in total. The minimum absolute atomic E-state index is 0.927. The zero-order valence-electron chi connectivity index (χ0n) is 10.8. The summed E-state index contributed by atoms with van der Waals surface area (Å²) in [6.07, 6.45) is 2.84. The SMILES string of the molecule is CN1CCN(c2ccc(Br)cc2/C=C/C(=O)O)CC1. The molecule has 19 heavy (non-hydrogen) atoms. The number of piperazine rings is 1. The van der Waals surface area contributed by atoms with Crippen molar-refractivity contribution in [2.24, 2.45) is 0 Å². The van der Waals surface area contributed by atoms with Crippen LogP contribution in [0.25, 0.3) is 6.08 Å². The topological polar surface area (TPSA) is 43.8 Å². The van der Waals surface area contributed by atoms with E-state index in [0.717, 1.165) is 41.9 Å². The molecule has 0 unspecified atom stereocenters. The number of hydrogen-bond donors (Lipinski definition) is 1. The normalized spacial score (nSPS) is 17.1. The van der Waals surface area contributed by atoms with Gasteiger partial charge in [-0.25, -0.2) is 4.79 Å². The Morgan fingerprint density at radius 3 is 2.63 bits per heavy atom. The minimum atomic E-state index is -0.927. The maximum atomic E-state index is 10.7. The van der Waals surface area contributed by atoms with Gasteiger partial charge in [-0.05, 0) is 36.9 Å². The quantitative estimate of drug-likeness (QED) is 0.866. The Labute approximate surface area is 121 Å². The molecule has 0 saturated carbocycles. The molecule has 2 rings (SSSR count). The van der Waals surface area contributed by atoms with E-state index in [-0.39, 0.29) is 0 Å². The summed E-state index contributed by atoms with van der Waals surface area (Å²) in [7, 11) is 2.12. The number of halogens is 1. The first-order valence-corrected chi connectivity index (χ1v) is 6.99. The van der Waals surface area contributed by atoms with E-state index >= 15 is 0 Å². The highest BCUT2D eigenvalue weighted by molar-refractivity contribution is 9.10. The van der Waals surface area contributed by atoms with Crippen LogP contribution in [0, 0.1) is 0 Å². The van der Waals surface area contributed by atoms with Crippen LogP contribution < -0.4 is 4.90 Å². The monoisotopic (exact) mass is 324 g/mol. The van der Waals surface area contributed by atoms with Gasteiger partial charge in [-0.15, -0.1) is 0 Å². The standard InChI is InChI=1S/C14H17BrN2O2/c1-16-6-8-17(9-7-16)13-4-3-12(15)10-11(13)2-5-14(18)19/h2-5,10H,6-9H2,1H3,(H,18,19)/b5-2+. The van der Waals surface area contributed by atoms with Crippen molar-refractivity contribution in [2.45, 2.75) is 0 Å². The Kier molecular flexibility index (Phi) is 4.61. The molecular weight excluding hydrogens is 308 g/mol. The molecule has 0 amide bonds. The lowest BCUT2D eigenvalue weighted by atomic mass is 10.1. The van der Waals surface area contributed by atoms with Gasteiger partial charge in [0.15, 0.2) is 0 Å². The number of nitrogens with zero attached hydrogens (tertiary/aromatic N) is 2. The third kappa shape index (κ3) is 3.81. The third-order valence-corrected chi connectivity index (χ3v) is 3.73. The van der Waals surface area contributed by atoms with Crippen molar-refractivity contribution in [2.75, 3.05) is 38.1 Å². The molecule has 0 aliphatic carbocycles. The lowest BCUT2D eigenvalue weighted by Crippen LogP contribution is -2.44. The molecule has 1 fully saturated rings. The summed E-state index contributed by atoms with van der Waals surface area (Å²) >= 11 is 3.43. The summed E-state index contributed by atoms with van der Waals surface area (Å²) in [6, 6.07) is 5.98. The van der Waals surface area contributed by atoms with Gasteiger partial charge in [0.1, 0.15) is 0 Å². The predicted molar refractivity (Wildman–Crippen MR) is 80.5 cm³/mol. The number of carbonyl (C=O) groups is 1. The number of aliphatic carboxylic acids is 1. The predicted octanol–water partition coefficient (Wildman–Crippen LogP) is 2.30. The summed E-state index contributed by atoms with van der Waals surface area (Å²) in [6.45, 7) is 3.98. The smallest absolute Gasteiger partial charge is 0.328 e. The van der Waals surface area contributed by atoms with Gasteiger partial charge in [0.25, 0.3) is 0 Å². The lowest BCUT2D eigenvalue weighted by molar-refractivity contribution is -0.131. The van der Waals surface area contributed by atoms with Crippen molar-refractivity contribution in [1.29, 1.82) is 0 Å². The van der Waals surface area contributed by atoms with Crippen LogP contribution >= 0.6 is 15.9 Å². The Morgan fingerprint density at radius 1 is 1.32 bits per heavy atom. The van der Waals surface area contributed by atoms with Crippen molar-refractivity contribution in [3.63, 3.8) is 0 Å². The molecule has 1 aliphatic heterocycles. The first-order valence-electron chi connectivity index (χ1n) is 6.20. The van der Waals surface area contributed by atoms with E-state index in [1.807, 2.05) is 18.2 Å². The fourth-order valence-corrected chi connectivity index (χ4v) is 2.53. The first-order chi connectivity index (χ1) is 9.06. The van der Waals surface area contributed by atoms with Gasteiger partial charge < -0.3 is 14.9 Å². The average molecular weight is 325 g/mol. The van der Waals surface area contributed by atoms with Crippen LogP contribution in [0.3, 0.4) is 0 Å². The summed E-state index contributed by atoms with van der Waals surface area (Å²) < 4.78 is 0.954. The molecule has 5 heteroatoms. The fourth-order valence-electron chi connectivity index (χ4n) is 2.16. The van der Waals surface area contributed by atoms with E-state index in [2.05, 4.69) is 32.8 Å². The van der Waals surface area contributed by atoms with Gasteiger partial charge in [0.2, 0.25) is 0 Å². The molecule has 1 aliphatic rings. The molecule has 1 heterocycles. The zero-order valence-corrected chi connectivity index (χ0v) is 12.4. The highest BCUT2D eigenvalue weighted by Crippen LogP contribution is 2.26. The van der Waals surface area contributed by atoms with E-state index in [1.54, 1.807) is 6.08 Å². The van der Waals surface area contributed by atoms with Crippen molar-refractivity contribution in [3.05, 3.63) is 34.3 Å². The Hall–Kier alpha value is -1.33. The minimum Gasteiger partial charge on any atom is -0.478 e. The summed E-state index contributed by atoms with van der Waals surface area (Å²) in [5.41, 5.74) is 2.02. The second-order valence-electron chi connectivity index (χ2n) is 4.67. The Bertz CT molecular complexity index is 494. The van der Waals surface area contributed by atoms with Gasteiger partial charge in [0.05, 0.1) is 0 Å². The van der Waals surface area contributed by atoms with Crippen molar-refractivity contribution < 1.29 is 9.90 Å². The van der Waals surface area contributed by atoms with Gasteiger partial charge in [-0.3, -0.25) is 0 Å². The lowest BCUT2D eigenvalue weighted by Gasteiger charge is -2.35. The molecule has 4 nitrogen and oxygen atoms in total. The average Bonchev–Trinajstić information content (AvgIpc) is 2.38. The van der Waals surface area contributed by atoms with E-state index in [9.17, 15) is 4.79 Å².